The van der Waals surface area contributed by atoms with Crippen LogP contribution in [0.15, 0.2) is 34.9 Å². The van der Waals surface area contributed by atoms with Gasteiger partial charge in [-0.25, -0.2) is 4.98 Å². The number of amides is 1. The van der Waals surface area contributed by atoms with Crippen LogP contribution in [0.2, 0.25) is 0 Å². The number of likely N-dealkylation sites (tertiary alicyclic amines) is 2. The maximum Gasteiger partial charge on any atom is 0.223 e. The average Bonchev–Trinajstić information content (AvgIpc) is 3.20. The van der Waals surface area contributed by atoms with Crippen molar-refractivity contribution in [3.63, 3.8) is 0 Å². The second-order valence-corrected chi connectivity index (χ2v) is 7.91. The minimum absolute atomic E-state index is 0.131. The molecular formula is C21H27N3O3. The number of benzene rings is 1. The Bertz CT molecular complexity index is 809. The molecular weight excluding hydrogens is 342 g/mol. The van der Waals surface area contributed by atoms with E-state index in [0.29, 0.717) is 18.9 Å². The van der Waals surface area contributed by atoms with Crippen LogP contribution in [0.3, 0.4) is 0 Å². The summed E-state index contributed by atoms with van der Waals surface area (Å²) in [5.41, 5.74) is 2.25. The number of rotatable bonds is 5. The molecule has 1 amide bonds. The summed E-state index contributed by atoms with van der Waals surface area (Å²) in [5, 5.41) is 0. The van der Waals surface area contributed by atoms with Crippen molar-refractivity contribution in [2.45, 2.75) is 39.3 Å². The van der Waals surface area contributed by atoms with Gasteiger partial charge in [0.15, 0.2) is 5.89 Å². The lowest BCUT2D eigenvalue weighted by molar-refractivity contribution is -0.128. The number of ether oxygens (including phenoxy) is 1. The summed E-state index contributed by atoms with van der Waals surface area (Å²) < 4.78 is 10.6. The molecule has 27 heavy (non-hydrogen) atoms. The molecule has 2 fully saturated rings. The first-order valence-corrected chi connectivity index (χ1v) is 9.59. The zero-order valence-electron chi connectivity index (χ0n) is 16.1. The third kappa shape index (κ3) is 4.00. The first kappa shape index (κ1) is 18.0. The van der Waals surface area contributed by atoms with E-state index in [4.69, 9.17) is 9.15 Å². The fourth-order valence-corrected chi connectivity index (χ4v) is 4.35. The van der Waals surface area contributed by atoms with E-state index in [9.17, 15) is 4.79 Å². The Balaban J connectivity index is 1.34. The highest BCUT2D eigenvalue weighted by molar-refractivity contribution is 5.79. The van der Waals surface area contributed by atoms with Gasteiger partial charge in [0.05, 0.1) is 12.8 Å². The van der Waals surface area contributed by atoms with Gasteiger partial charge in [0.2, 0.25) is 5.91 Å². The van der Waals surface area contributed by atoms with Crippen molar-refractivity contribution in [2.75, 3.05) is 26.7 Å². The molecule has 2 aliphatic rings. The summed E-state index contributed by atoms with van der Waals surface area (Å²) in [6.07, 6.45) is 4.54. The summed E-state index contributed by atoms with van der Waals surface area (Å²) in [6, 6.07) is 7.99. The fraction of sp³-hybridized carbons (Fsp3) is 0.524. The van der Waals surface area contributed by atoms with Gasteiger partial charge in [-0.15, -0.1) is 0 Å². The second kappa shape index (κ2) is 7.35. The molecule has 3 heterocycles. The van der Waals surface area contributed by atoms with Gasteiger partial charge in [-0.2, -0.15) is 0 Å². The van der Waals surface area contributed by atoms with E-state index in [1.165, 1.54) is 0 Å². The van der Waals surface area contributed by atoms with Gasteiger partial charge in [-0.3, -0.25) is 9.69 Å². The number of aromatic nitrogens is 1. The highest BCUT2D eigenvalue weighted by Gasteiger charge is 2.44. The number of methoxy groups -OCH3 is 1. The van der Waals surface area contributed by atoms with E-state index >= 15 is 0 Å². The molecule has 0 saturated carbocycles. The molecule has 2 aliphatic heterocycles. The molecule has 1 aromatic carbocycles. The van der Waals surface area contributed by atoms with Crippen LogP contribution in [-0.2, 0) is 17.9 Å². The first-order chi connectivity index (χ1) is 13.0. The monoisotopic (exact) mass is 369 g/mol. The van der Waals surface area contributed by atoms with Crippen LogP contribution in [0, 0.1) is 12.3 Å². The van der Waals surface area contributed by atoms with Crippen molar-refractivity contribution in [3.05, 3.63) is 47.7 Å². The normalized spacial score (nSPS) is 19.8. The van der Waals surface area contributed by atoms with Crippen LogP contribution in [0.5, 0.6) is 5.75 Å². The van der Waals surface area contributed by atoms with Gasteiger partial charge < -0.3 is 14.1 Å². The Kier molecular flexibility index (Phi) is 4.91. The van der Waals surface area contributed by atoms with Crippen LogP contribution in [0.25, 0.3) is 0 Å². The van der Waals surface area contributed by atoms with Gasteiger partial charge in [-0.05, 0) is 49.0 Å². The molecule has 0 unspecified atom stereocenters. The summed E-state index contributed by atoms with van der Waals surface area (Å²) in [7, 11) is 1.67. The highest BCUT2D eigenvalue weighted by Crippen LogP contribution is 2.41. The zero-order chi connectivity index (χ0) is 18.9. The number of oxazole rings is 1. The van der Waals surface area contributed by atoms with Crippen LogP contribution in [0.4, 0.5) is 0 Å². The maximum atomic E-state index is 12.6. The standard InChI is InChI=1S/C21H27N3O3/c1-16-22-18(14-27-16)13-23-8-6-21(7-9-23)11-20(25)24(15-21)12-17-4-3-5-19(10-17)26-2/h3-5,10,14H,6-9,11-13,15H2,1-2H3. The van der Waals surface area contributed by atoms with E-state index in [-0.39, 0.29) is 11.3 Å². The third-order valence-corrected chi connectivity index (χ3v) is 5.88. The second-order valence-electron chi connectivity index (χ2n) is 7.91. The minimum atomic E-state index is 0.131. The average molecular weight is 369 g/mol. The smallest absolute Gasteiger partial charge is 0.223 e. The summed E-state index contributed by atoms with van der Waals surface area (Å²) in [5.74, 6) is 1.83. The number of piperidine rings is 1. The van der Waals surface area contributed by atoms with Crippen LogP contribution >= 0.6 is 0 Å². The molecule has 2 aromatic rings. The van der Waals surface area contributed by atoms with Crippen LogP contribution in [0.1, 0.15) is 36.4 Å². The van der Waals surface area contributed by atoms with Crippen LogP contribution < -0.4 is 4.74 Å². The predicted octanol–water partition coefficient (Wildman–Crippen LogP) is 3.01. The molecule has 4 rings (SSSR count). The van der Waals surface area contributed by atoms with Crippen molar-refractivity contribution in [1.29, 1.82) is 0 Å². The highest BCUT2D eigenvalue weighted by atomic mass is 16.5. The number of carbonyl (C=O) groups is 1. The van der Waals surface area contributed by atoms with Gasteiger partial charge in [0.25, 0.3) is 0 Å². The van der Waals surface area contributed by atoms with E-state index < -0.39 is 0 Å². The molecule has 2 saturated heterocycles. The molecule has 0 aliphatic carbocycles. The summed E-state index contributed by atoms with van der Waals surface area (Å²) in [4.78, 5) is 21.5. The van der Waals surface area contributed by atoms with Crippen molar-refractivity contribution < 1.29 is 13.9 Å². The van der Waals surface area contributed by atoms with Crippen LogP contribution in [-0.4, -0.2) is 47.4 Å². The number of carbonyl (C=O) groups excluding carboxylic acids is 1. The van der Waals surface area contributed by atoms with Gasteiger partial charge in [-0.1, -0.05) is 12.1 Å². The molecule has 1 aromatic heterocycles. The van der Waals surface area contributed by atoms with E-state index in [1.54, 1.807) is 13.4 Å². The van der Waals surface area contributed by atoms with Gasteiger partial charge >= 0.3 is 0 Å². The molecule has 0 bridgehead atoms. The topological polar surface area (TPSA) is 58.8 Å². The van der Waals surface area contributed by atoms with Crippen molar-refractivity contribution in [3.8, 4) is 5.75 Å². The third-order valence-electron chi connectivity index (χ3n) is 5.88. The Morgan fingerprint density at radius 3 is 2.78 bits per heavy atom. The SMILES string of the molecule is COc1cccc(CN2CC3(CCN(Cc4coc(C)n4)CC3)CC2=O)c1. The van der Waals surface area contributed by atoms with Crippen molar-refractivity contribution in [1.82, 2.24) is 14.8 Å². The Morgan fingerprint density at radius 2 is 2.07 bits per heavy atom. The number of nitrogens with zero attached hydrogens (tertiary/aromatic N) is 3. The first-order valence-electron chi connectivity index (χ1n) is 9.59. The van der Waals surface area contributed by atoms with Gasteiger partial charge in [0, 0.05) is 33.0 Å². The maximum absolute atomic E-state index is 12.6. The van der Waals surface area contributed by atoms with Crippen molar-refractivity contribution >= 4 is 5.91 Å². The Hall–Kier alpha value is -2.34. The van der Waals surface area contributed by atoms with E-state index in [1.807, 2.05) is 30.0 Å². The number of hydrogen-bond donors (Lipinski definition) is 0. The lowest BCUT2D eigenvalue weighted by Crippen LogP contribution is -2.41. The van der Waals surface area contributed by atoms with E-state index in [2.05, 4.69) is 16.0 Å². The largest absolute Gasteiger partial charge is 0.497 e. The molecule has 0 atom stereocenters. The Labute approximate surface area is 160 Å². The summed E-state index contributed by atoms with van der Waals surface area (Å²) in [6.45, 7) is 6.24. The minimum Gasteiger partial charge on any atom is -0.497 e. The molecule has 0 radical (unpaired) electrons. The summed E-state index contributed by atoms with van der Waals surface area (Å²) >= 11 is 0. The molecule has 0 N–H and O–H groups in total. The molecule has 6 heteroatoms. The Morgan fingerprint density at radius 1 is 1.26 bits per heavy atom. The van der Waals surface area contributed by atoms with Crippen molar-refractivity contribution in [2.24, 2.45) is 5.41 Å². The number of hydrogen-bond acceptors (Lipinski definition) is 5. The molecule has 1 spiro atoms. The lowest BCUT2D eigenvalue weighted by atomic mass is 9.77. The zero-order valence-corrected chi connectivity index (χ0v) is 16.1. The number of aryl methyl sites for hydroxylation is 1. The fourth-order valence-electron chi connectivity index (χ4n) is 4.35. The van der Waals surface area contributed by atoms with Gasteiger partial charge in [0.1, 0.15) is 12.0 Å². The molecule has 6 nitrogen and oxygen atoms in total. The quantitative estimate of drug-likeness (QED) is 0.811. The predicted molar refractivity (Wildman–Crippen MR) is 101 cm³/mol. The van der Waals surface area contributed by atoms with E-state index in [0.717, 1.165) is 56.0 Å². The lowest BCUT2D eigenvalue weighted by Gasteiger charge is -2.38. The molecule has 144 valence electrons.